The third-order valence-electron chi connectivity index (χ3n) is 4.59. The van der Waals surface area contributed by atoms with Crippen LogP contribution < -0.4 is 9.04 Å². The average molecular weight is 383 g/mol. The topological polar surface area (TPSA) is 66.9 Å². The van der Waals surface area contributed by atoms with Crippen molar-refractivity contribution in [3.63, 3.8) is 0 Å². The largest absolute Gasteiger partial charge is 0.491 e. The molecule has 0 radical (unpaired) electrons. The zero-order valence-electron chi connectivity index (χ0n) is 16.1. The van der Waals surface area contributed by atoms with E-state index in [4.69, 9.17) is 4.74 Å². The standard InChI is InChI=1S/C19H30N2O4S/c1-5-16-8-6-7-13-20(16)19(22)14-21(26(4,23)24)17-9-11-18(12-10-17)25-15(2)3/h9-12,15-16H,5-8,13-14H2,1-4H3. The highest BCUT2D eigenvalue weighted by Gasteiger charge is 2.29. The van der Waals surface area contributed by atoms with Gasteiger partial charge in [0.15, 0.2) is 0 Å². The minimum atomic E-state index is -3.57. The van der Waals surface area contributed by atoms with Gasteiger partial charge in [0.1, 0.15) is 12.3 Å². The molecule has 1 atom stereocenters. The first-order valence-corrected chi connectivity index (χ1v) is 11.1. The van der Waals surface area contributed by atoms with Crippen LogP contribution in [0.15, 0.2) is 24.3 Å². The van der Waals surface area contributed by atoms with E-state index in [1.54, 1.807) is 24.3 Å². The molecule has 146 valence electrons. The van der Waals surface area contributed by atoms with E-state index in [-0.39, 0.29) is 24.6 Å². The summed E-state index contributed by atoms with van der Waals surface area (Å²) in [6.45, 7) is 6.46. The van der Waals surface area contributed by atoms with Crippen molar-refractivity contribution >= 4 is 21.6 Å². The molecule has 1 unspecified atom stereocenters. The number of carbonyl (C=O) groups excluding carboxylic acids is 1. The van der Waals surface area contributed by atoms with Crippen molar-refractivity contribution in [3.8, 4) is 5.75 Å². The molecule has 1 aliphatic heterocycles. The third-order valence-corrected chi connectivity index (χ3v) is 5.74. The molecule has 1 fully saturated rings. The fraction of sp³-hybridized carbons (Fsp3) is 0.632. The molecule has 1 heterocycles. The van der Waals surface area contributed by atoms with Crippen LogP contribution in [0, 0.1) is 0 Å². The molecule has 0 spiro atoms. The molecule has 0 aromatic heterocycles. The van der Waals surface area contributed by atoms with Crippen LogP contribution in [0.2, 0.25) is 0 Å². The highest BCUT2D eigenvalue weighted by molar-refractivity contribution is 7.92. The molecular formula is C19H30N2O4S. The minimum absolute atomic E-state index is 0.0403. The number of carbonyl (C=O) groups is 1. The fourth-order valence-electron chi connectivity index (χ4n) is 3.33. The monoisotopic (exact) mass is 382 g/mol. The first kappa shape index (κ1) is 20.6. The van der Waals surface area contributed by atoms with Crippen LogP contribution in [0.25, 0.3) is 0 Å². The van der Waals surface area contributed by atoms with Crippen LogP contribution in [-0.2, 0) is 14.8 Å². The van der Waals surface area contributed by atoms with Crippen LogP contribution in [-0.4, -0.2) is 50.7 Å². The van der Waals surface area contributed by atoms with Crippen molar-refractivity contribution in [2.24, 2.45) is 0 Å². The van der Waals surface area contributed by atoms with E-state index in [0.29, 0.717) is 18.0 Å². The van der Waals surface area contributed by atoms with E-state index >= 15 is 0 Å². The second-order valence-electron chi connectivity index (χ2n) is 7.08. The SMILES string of the molecule is CCC1CCCCN1C(=O)CN(c1ccc(OC(C)C)cc1)S(C)(=O)=O. The Bertz CT molecular complexity index is 701. The molecule has 1 aromatic rings. The van der Waals surface area contributed by atoms with E-state index in [1.165, 1.54) is 4.31 Å². The maximum Gasteiger partial charge on any atom is 0.243 e. The summed E-state index contributed by atoms with van der Waals surface area (Å²) in [7, 11) is -3.57. The van der Waals surface area contributed by atoms with Crippen LogP contribution in [0.5, 0.6) is 5.75 Å². The van der Waals surface area contributed by atoms with E-state index in [0.717, 1.165) is 31.9 Å². The summed E-state index contributed by atoms with van der Waals surface area (Å²) in [5.41, 5.74) is 0.474. The second-order valence-corrected chi connectivity index (χ2v) is 8.98. The number of hydrogen-bond donors (Lipinski definition) is 0. The number of likely N-dealkylation sites (tertiary alicyclic amines) is 1. The molecule has 0 N–H and O–H groups in total. The van der Waals surface area contributed by atoms with Gasteiger partial charge in [-0.15, -0.1) is 0 Å². The second kappa shape index (κ2) is 8.75. The summed E-state index contributed by atoms with van der Waals surface area (Å²) in [5.74, 6) is 0.537. The number of nitrogens with zero attached hydrogens (tertiary/aromatic N) is 2. The lowest BCUT2D eigenvalue weighted by molar-refractivity contribution is -0.133. The zero-order valence-corrected chi connectivity index (χ0v) is 17.0. The first-order valence-electron chi connectivity index (χ1n) is 9.26. The number of sulfonamides is 1. The predicted molar refractivity (Wildman–Crippen MR) is 104 cm³/mol. The minimum Gasteiger partial charge on any atom is -0.491 e. The van der Waals surface area contributed by atoms with Gasteiger partial charge in [0, 0.05) is 12.6 Å². The summed E-state index contributed by atoms with van der Waals surface area (Å²) in [6, 6.07) is 7.03. The summed E-state index contributed by atoms with van der Waals surface area (Å²) in [4.78, 5) is 14.7. The van der Waals surface area contributed by atoms with Crippen molar-refractivity contribution in [1.82, 2.24) is 4.90 Å². The summed E-state index contributed by atoms with van der Waals surface area (Å²) < 4.78 is 31.3. The van der Waals surface area contributed by atoms with Crippen LogP contribution in [0.3, 0.4) is 0 Å². The van der Waals surface area contributed by atoms with Crippen molar-refractivity contribution in [2.75, 3.05) is 23.7 Å². The lowest BCUT2D eigenvalue weighted by Gasteiger charge is -2.36. The van der Waals surface area contributed by atoms with Gasteiger partial charge in [-0.2, -0.15) is 0 Å². The van der Waals surface area contributed by atoms with E-state index in [9.17, 15) is 13.2 Å². The first-order chi connectivity index (χ1) is 12.2. The van der Waals surface area contributed by atoms with E-state index < -0.39 is 10.0 Å². The molecule has 0 saturated carbocycles. The Morgan fingerprint density at radius 3 is 2.46 bits per heavy atom. The number of piperidine rings is 1. The Labute approximate surface area is 157 Å². The predicted octanol–water partition coefficient (Wildman–Crippen LogP) is 3.03. The average Bonchev–Trinajstić information content (AvgIpc) is 2.59. The van der Waals surface area contributed by atoms with Gasteiger partial charge in [0.05, 0.1) is 18.0 Å². The fourth-order valence-corrected chi connectivity index (χ4v) is 4.18. The number of rotatable bonds is 7. The number of amides is 1. The van der Waals surface area contributed by atoms with Gasteiger partial charge in [-0.1, -0.05) is 6.92 Å². The normalized spacial score (nSPS) is 18.0. The Balaban J connectivity index is 2.18. The molecule has 0 aliphatic carbocycles. The molecule has 2 rings (SSSR count). The summed E-state index contributed by atoms with van der Waals surface area (Å²) in [5, 5.41) is 0. The molecule has 7 heteroatoms. The van der Waals surface area contributed by atoms with Gasteiger partial charge in [0.2, 0.25) is 15.9 Å². The highest BCUT2D eigenvalue weighted by Crippen LogP contribution is 2.24. The van der Waals surface area contributed by atoms with Crippen LogP contribution in [0.1, 0.15) is 46.5 Å². The third kappa shape index (κ3) is 5.37. The Morgan fingerprint density at radius 1 is 1.27 bits per heavy atom. The van der Waals surface area contributed by atoms with Crippen molar-refractivity contribution < 1.29 is 17.9 Å². The van der Waals surface area contributed by atoms with Gasteiger partial charge in [-0.25, -0.2) is 8.42 Å². The maximum atomic E-state index is 12.8. The summed E-state index contributed by atoms with van der Waals surface area (Å²) in [6.07, 6.45) is 5.15. The quantitative estimate of drug-likeness (QED) is 0.727. The van der Waals surface area contributed by atoms with Gasteiger partial charge in [-0.05, 0) is 63.8 Å². The molecular weight excluding hydrogens is 352 g/mol. The van der Waals surface area contributed by atoms with Gasteiger partial charge in [0.25, 0.3) is 0 Å². The van der Waals surface area contributed by atoms with Gasteiger partial charge < -0.3 is 9.64 Å². The zero-order chi connectivity index (χ0) is 19.3. The smallest absolute Gasteiger partial charge is 0.243 e. The van der Waals surface area contributed by atoms with E-state index in [2.05, 4.69) is 6.92 Å². The lowest BCUT2D eigenvalue weighted by atomic mass is 10.00. The maximum absolute atomic E-state index is 12.8. The molecule has 26 heavy (non-hydrogen) atoms. The van der Waals surface area contributed by atoms with Gasteiger partial charge >= 0.3 is 0 Å². The Hall–Kier alpha value is -1.76. The highest BCUT2D eigenvalue weighted by atomic mass is 32.2. The van der Waals surface area contributed by atoms with E-state index in [1.807, 2.05) is 18.7 Å². The van der Waals surface area contributed by atoms with Crippen LogP contribution >= 0.6 is 0 Å². The molecule has 1 aliphatic rings. The molecule has 1 amide bonds. The van der Waals surface area contributed by atoms with Crippen LogP contribution in [0.4, 0.5) is 5.69 Å². The molecule has 0 bridgehead atoms. The number of hydrogen-bond acceptors (Lipinski definition) is 4. The molecule has 1 saturated heterocycles. The number of benzene rings is 1. The lowest BCUT2D eigenvalue weighted by Crippen LogP contribution is -2.48. The van der Waals surface area contributed by atoms with Gasteiger partial charge in [-0.3, -0.25) is 9.10 Å². The number of ether oxygens (including phenoxy) is 1. The molecule has 6 nitrogen and oxygen atoms in total. The van der Waals surface area contributed by atoms with Crippen molar-refractivity contribution in [1.29, 1.82) is 0 Å². The van der Waals surface area contributed by atoms with Crippen molar-refractivity contribution in [2.45, 2.75) is 58.6 Å². The van der Waals surface area contributed by atoms with Crippen molar-refractivity contribution in [3.05, 3.63) is 24.3 Å². The summed E-state index contributed by atoms with van der Waals surface area (Å²) >= 11 is 0. The Kier molecular flexibility index (Phi) is 6.92. The Morgan fingerprint density at radius 2 is 1.92 bits per heavy atom. The molecule has 1 aromatic carbocycles. The number of anilines is 1.